The highest BCUT2D eigenvalue weighted by molar-refractivity contribution is 5.97. The molecule has 20 heavy (non-hydrogen) atoms. The van der Waals surface area contributed by atoms with Crippen LogP contribution in [-0.2, 0) is 6.42 Å². The number of carbonyl (C=O) groups is 1. The van der Waals surface area contributed by atoms with Crippen LogP contribution in [0.5, 0.6) is 0 Å². The average Bonchev–Trinajstić information content (AvgIpc) is 2.48. The number of Topliss-reactive ketones (excluding diaryl/α,β-unsaturated/α-hetero) is 1. The maximum absolute atomic E-state index is 12.5. The van der Waals surface area contributed by atoms with Gasteiger partial charge in [0.15, 0.2) is 5.78 Å². The van der Waals surface area contributed by atoms with Crippen LogP contribution >= 0.6 is 0 Å². The summed E-state index contributed by atoms with van der Waals surface area (Å²) in [5.41, 5.74) is 4.59. The molecule has 0 N–H and O–H groups in total. The third-order valence-corrected chi connectivity index (χ3v) is 4.25. The van der Waals surface area contributed by atoms with Crippen molar-refractivity contribution in [2.24, 2.45) is 0 Å². The molecule has 0 spiro atoms. The van der Waals surface area contributed by atoms with Crippen molar-refractivity contribution in [2.75, 3.05) is 0 Å². The van der Waals surface area contributed by atoms with Crippen molar-refractivity contribution >= 4 is 5.78 Å². The highest BCUT2D eigenvalue weighted by Gasteiger charge is 2.23. The van der Waals surface area contributed by atoms with E-state index in [1.165, 1.54) is 17.5 Å². The fourth-order valence-electron chi connectivity index (χ4n) is 3.19. The van der Waals surface area contributed by atoms with Gasteiger partial charge < -0.3 is 0 Å². The topological polar surface area (TPSA) is 30.0 Å². The van der Waals surface area contributed by atoms with Gasteiger partial charge >= 0.3 is 0 Å². The number of ketones is 1. The van der Waals surface area contributed by atoms with Gasteiger partial charge in [0.05, 0.1) is 0 Å². The monoisotopic (exact) mass is 265 g/mol. The first-order valence-corrected chi connectivity index (χ1v) is 7.27. The van der Waals surface area contributed by atoms with Crippen molar-refractivity contribution in [3.8, 4) is 0 Å². The Kier molecular flexibility index (Phi) is 3.64. The largest absolute Gasteiger partial charge is 0.294 e. The molecule has 1 atom stereocenters. The second-order valence-corrected chi connectivity index (χ2v) is 5.61. The van der Waals surface area contributed by atoms with E-state index in [1.54, 1.807) is 12.4 Å². The second kappa shape index (κ2) is 5.58. The lowest BCUT2D eigenvalue weighted by molar-refractivity contribution is 0.0970. The zero-order valence-electron chi connectivity index (χ0n) is 11.8. The standard InChI is InChI=1S/C18H19NO/c1-13-12-19-10-9-16(13)18(20)11-15-7-4-6-14-5-2-3-8-17(14)15/h2-3,5,8-10,12,15H,4,6-7,11H2,1H3. The van der Waals surface area contributed by atoms with Crippen molar-refractivity contribution in [3.63, 3.8) is 0 Å². The number of pyridine rings is 1. The van der Waals surface area contributed by atoms with Crippen LogP contribution in [-0.4, -0.2) is 10.8 Å². The van der Waals surface area contributed by atoms with E-state index in [0.29, 0.717) is 12.3 Å². The Labute approximate surface area is 119 Å². The number of aryl methyl sites for hydroxylation is 2. The molecule has 0 saturated heterocycles. The number of aromatic nitrogens is 1. The summed E-state index contributed by atoms with van der Waals surface area (Å²) in [5.74, 6) is 0.617. The summed E-state index contributed by atoms with van der Waals surface area (Å²) in [6, 6.07) is 10.4. The average molecular weight is 265 g/mol. The fourth-order valence-corrected chi connectivity index (χ4v) is 3.19. The van der Waals surface area contributed by atoms with Crippen molar-refractivity contribution in [1.29, 1.82) is 0 Å². The van der Waals surface area contributed by atoms with Crippen LogP contribution in [0.15, 0.2) is 42.7 Å². The minimum atomic E-state index is 0.242. The molecule has 1 heterocycles. The highest BCUT2D eigenvalue weighted by atomic mass is 16.1. The lowest BCUT2D eigenvalue weighted by Gasteiger charge is -2.25. The Hall–Kier alpha value is -1.96. The van der Waals surface area contributed by atoms with Gasteiger partial charge in [-0.05, 0) is 54.9 Å². The predicted molar refractivity (Wildman–Crippen MR) is 80.0 cm³/mol. The Morgan fingerprint density at radius 1 is 1.30 bits per heavy atom. The van der Waals surface area contributed by atoms with Gasteiger partial charge in [0.25, 0.3) is 0 Å². The second-order valence-electron chi connectivity index (χ2n) is 5.61. The van der Waals surface area contributed by atoms with Gasteiger partial charge in [-0.25, -0.2) is 0 Å². The first kappa shape index (κ1) is 13.0. The molecule has 0 aliphatic heterocycles. The highest BCUT2D eigenvalue weighted by Crippen LogP contribution is 2.34. The Morgan fingerprint density at radius 2 is 2.15 bits per heavy atom. The number of rotatable bonds is 3. The fraction of sp³-hybridized carbons (Fsp3) is 0.333. The Bertz CT molecular complexity index is 633. The summed E-state index contributed by atoms with van der Waals surface area (Å²) in [6.07, 6.45) is 7.53. The molecule has 0 saturated carbocycles. The molecule has 1 aliphatic rings. The maximum Gasteiger partial charge on any atom is 0.163 e. The molecule has 1 aromatic heterocycles. The molecule has 0 radical (unpaired) electrons. The summed E-state index contributed by atoms with van der Waals surface area (Å²) in [7, 11) is 0. The first-order valence-electron chi connectivity index (χ1n) is 7.27. The van der Waals surface area contributed by atoms with Crippen LogP contribution in [0, 0.1) is 6.92 Å². The molecule has 2 nitrogen and oxygen atoms in total. The van der Waals surface area contributed by atoms with Crippen molar-refractivity contribution in [2.45, 2.75) is 38.5 Å². The SMILES string of the molecule is Cc1cnccc1C(=O)CC1CCCc2ccccc21. The van der Waals surface area contributed by atoms with E-state index in [2.05, 4.69) is 29.2 Å². The predicted octanol–water partition coefficient (Wildman–Crippen LogP) is 4.08. The summed E-state index contributed by atoms with van der Waals surface area (Å²) < 4.78 is 0. The van der Waals surface area contributed by atoms with E-state index in [0.717, 1.165) is 24.0 Å². The van der Waals surface area contributed by atoms with E-state index in [4.69, 9.17) is 0 Å². The van der Waals surface area contributed by atoms with Crippen LogP contribution in [0.2, 0.25) is 0 Å². The number of benzene rings is 1. The van der Waals surface area contributed by atoms with E-state index in [-0.39, 0.29) is 5.78 Å². The molecule has 1 unspecified atom stereocenters. The molecule has 3 rings (SSSR count). The number of nitrogens with zero attached hydrogens (tertiary/aromatic N) is 1. The third kappa shape index (κ3) is 2.51. The van der Waals surface area contributed by atoms with Crippen LogP contribution in [0.25, 0.3) is 0 Å². The molecule has 102 valence electrons. The van der Waals surface area contributed by atoms with Gasteiger partial charge in [-0.3, -0.25) is 9.78 Å². The smallest absolute Gasteiger partial charge is 0.163 e. The number of hydrogen-bond acceptors (Lipinski definition) is 2. The molecular weight excluding hydrogens is 246 g/mol. The molecule has 1 aromatic carbocycles. The summed E-state index contributed by atoms with van der Waals surface area (Å²) in [4.78, 5) is 16.6. The molecule has 0 fully saturated rings. The van der Waals surface area contributed by atoms with Gasteiger partial charge in [0.2, 0.25) is 0 Å². The number of hydrogen-bond donors (Lipinski definition) is 0. The molecule has 2 heteroatoms. The summed E-state index contributed by atoms with van der Waals surface area (Å²) >= 11 is 0. The van der Waals surface area contributed by atoms with Gasteiger partial charge in [-0.2, -0.15) is 0 Å². The minimum Gasteiger partial charge on any atom is -0.294 e. The maximum atomic E-state index is 12.5. The summed E-state index contributed by atoms with van der Waals surface area (Å²) in [6.45, 7) is 1.95. The number of fused-ring (bicyclic) bond motifs is 1. The van der Waals surface area contributed by atoms with Crippen LogP contribution in [0.3, 0.4) is 0 Å². The van der Waals surface area contributed by atoms with Crippen LogP contribution < -0.4 is 0 Å². The Morgan fingerprint density at radius 3 is 3.00 bits per heavy atom. The molecule has 1 aliphatic carbocycles. The van der Waals surface area contributed by atoms with E-state index >= 15 is 0 Å². The molecule has 2 aromatic rings. The van der Waals surface area contributed by atoms with Crippen LogP contribution in [0.1, 0.15) is 52.2 Å². The van der Waals surface area contributed by atoms with Gasteiger partial charge in [0, 0.05) is 24.4 Å². The van der Waals surface area contributed by atoms with Gasteiger partial charge in [0.1, 0.15) is 0 Å². The molecular formula is C18H19NO. The number of carbonyl (C=O) groups excluding carboxylic acids is 1. The first-order chi connectivity index (χ1) is 9.75. The van der Waals surface area contributed by atoms with Crippen molar-refractivity contribution < 1.29 is 4.79 Å². The normalized spacial score (nSPS) is 17.6. The Balaban J connectivity index is 1.83. The van der Waals surface area contributed by atoms with Gasteiger partial charge in [-0.1, -0.05) is 24.3 Å². The van der Waals surface area contributed by atoms with E-state index in [1.807, 2.05) is 13.0 Å². The summed E-state index contributed by atoms with van der Waals surface area (Å²) in [5, 5.41) is 0. The van der Waals surface area contributed by atoms with E-state index < -0.39 is 0 Å². The molecule has 0 amide bonds. The van der Waals surface area contributed by atoms with Crippen molar-refractivity contribution in [3.05, 3.63) is 65.0 Å². The van der Waals surface area contributed by atoms with Crippen LogP contribution in [0.4, 0.5) is 0 Å². The zero-order chi connectivity index (χ0) is 13.9. The zero-order valence-corrected chi connectivity index (χ0v) is 11.8. The van der Waals surface area contributed by atoms with Crippen molar-refractivity contribution in [1.82, 2.24) is 4.98 Å². The van der Waals surface area contributed by atoms with Gasteiger partial charge in [-0.15, -0.1) is 0 Å². The lowest BCUT2D eigenvalue weighted by atomic mass is 9.79. The minimum absolute atomic E-state index is 0.242. The quantitative estimate of drug-likeness (QED) is 0.783. The third-order valence-electron chi connectivity index (χ3n) is 4.25. The van der Waals surface area contributed by atoms with E-state index in [9.17, 15) is 4.79 Å². The molecule has 0 bridgehead atoms. The lowest BCUT2D eigenvalue weighted by Crippen LogP contribution is -2.14.